The Hall–Kier alpha value is -0.370. The number of rotatable bonds is 3. The second-order valence-electron chi connectivity index (χ2n) is 5.05. The Bertz CT molecular complexity index is 629. The zero-order valence-corrected chi connectivity index (χ0v) is 14.0. The minimum absolute atomic E-state index is 0.125. The van der Waals surface area contributed by atoms with E-state index in [-0.39, 0.29) is 10.5 Å². The molecule has 1 aromatic carbocycles. The number of hydrogen-bond acceptors (Lipinski definition) is 3. The first-order chi connectivity index (χ1) is 9.77. The number of benzene rings is 1. The summed E-state index contributed by atoms with van der Waals surface area (Å²) in [5, 5.41) is 0.249. The molecule has 1 aliphatic heterocycles. The van der Waals surface area contributed by atoms with Gasteiger partial charge in [0.2, 0.25) is 10.0 Å². The van der Waals surface area contributed by atoms with Crippen LogP contribution in [0.25, 0.3) is 0 Å². The smallest absolute Gasteiger partial charge is 0.207 e. The van der Waals surface area contributed by atoms with Crippen molar-refractivity contribution in [2.24, 2.45) is 0 Å². The lowest BCUT2D eigenvalue weighted by molar-refractivity contribution is 0.401. The van der Waals surface area contributed by atoms with E-state index in [0.29, 0.717) is 13.1 Å². The van der Waals surface area contributed by atoms with Crippen molar-refractivity contribution in [3.05, 3.63) is 29.3 Å². The minimum atomic E-state index is -3.99. The third-order valence-electron chi connectivity index (χ3n) is 3.29. The summed E-state index contributed by atoms with van der Waals surface area (Å²) in [6.07, 6.45) is 0. The lowest BCUT2D eigenvalue weighted by atomic mass is 10.2. The lowest BCUT2D eigenvalue weighted by Gasteiger charge is -2.33. The van der Waals surface area contributed by atoms with Crippen molar-refractivity contribution >= 4 is 33.4 Å². The van der Waals surface area contributed by atoms with Crippen molar-refractivity contribution in [3.8, 4) is 0 Å². The van der Waals surface area contributed by atoms with Crippen LogP contribution in [-0.4, -0.2) is 36.3 Å². The normalized spacial score (nSPS) is 24.2. The van der Waals surface area contributed by atoms with Gasteiger partial charge in [0.25, 0.3) is 0 Å². The van der Waals surface area contributed by atoms with E-state index in [9.17, 15) is 17.2 Å². The molecule has 0 spiro atoms. The Morgan fingerprint density at radius 1 is 1.29 bits per heavy atom. The molecule has 8 heteroatoms. The SMILES string of the molecule is CC1CN(S(=O)(=O)c2ccc(F)c(CCl)c2F)CC(C)S1. The maximum atomic E-state index is 14.2. The molecule has 0 aromatic heterocycles. The van der Waals surface area contributed by atoms with Crippen molar-refractivity contribution in [2.75, 3.05) is 13.1 Å². The van der Waals surface area contributed by atoms with E-state index in [4.69, 9.17) is 11.6 Å². The maximum absolute atomic E-state index is 14.2. The molecule has 1 fully saturated rings. The van der Waals surface area contributed by atoms with Gasteiger partial charge >= 0.3 is 0 Å². The molecule has 0 saturated carbocycles. The molecule has 0 N–H and O–H groups in total. The fourth-order valence-corrected chi connectivity index (χ4v) is 5.83. The van der Waals surface area contributed by atoms with Crippen molar-refractivity contribution in [3.63, 3.8) is 0 Å². The summed E-state index contributed by atoms with van der Waals surface area (Å²) >= 11 is 7.19. The van der Waals surface area contributed by atoms with Gasteiger partial charge in [0.1, 0.15) is 10.7 Å². The average molecular weight is 356 g/mol. The third-order valence-corrected chi connectivity index (χ3v) is 6.63. The van der Waals surface area contributed by atoms with E-state index >= 15 is 0 Å². The van der Waals surface area contributed by atoms with Gasteiger partial charge in [-0.2, -0.15) is 16.1 Å². The summed E-state index contributed by atoms with van der Waals surface area (Å²) in [6.45, 7) is 4.47. The van der Waals surface area contributed by atoms with Gasteiger partial charge in [-0.1, -0.05) is 13.8 Å². The number of sulfonamides is 1. The highest BCUT2D eigenvalue weighted by Gasteiger charge is 2.34. The highest BCUT2D eigenvalue weighted by molar-refractivity contribution is 8.00. The van der Waals surface area contributed by atoms with Crippen LogP contribution < -0.4 is 0 Å². The number of nitrogens with zero attached hydrogens (tertiary/aromatic N) is 1. The van der Waals surface area contributed by atoms with Crippen molar-refractivity contribution < 1.29 is 17.2 Å². The van der Waals surface area contributed by atoms with Crippen molar-refractivity contribution in [1.29, 1.82) is 0 Å². The predicted octanol–water partition coefficient (Wildman–Crippen LogP) is 3.22. The number of alkyl halides is 1. The number of thioether (sulfide) groups is 1. The molecule has 1 aromatic rings. The van der Waals surface area contributed by atoms with Gasteiger partial charge in [0.05, 0.1) is 5.88 Å². The quantitative estimate of drug-likeness (QED) is 0.781. The average Bonchev–Trinajstić information content (AvgIpc) is 2.37. The second kappa shape index (κ2) is 6.40. The zero-order valence-electron chi connectivity index (χ0n) is 11.6. The Morgan fingerprint density at radius 2 is 1.86 bits per heavy atom. The predicted molar refractivity (Wildman–Crippen MR) is 81.2 cm³/mol. The van der Waals surface area contributed by atoms with E-state index in [1.807, 2.05) is 13.8 Å². The summed E-state index contributed by atoms with van der Waals surface area (Å²) in [6, 6.07) is 1.91. The van der Waals surface area contributed by atoms with Crippen LogP contribution in [0, 0.1) is 11.6 Å². The van der Waals surface area contributed by atoms with Crippen LogP contribution in [0.5, 0.6) is 0 Å². The van der Waals surface area contributed by atoms with Crippen LogP contribution in [0.4, 0.5) is 8.78 Å². The molecule has 3 nitrogen and oxygen atoms in total. The van der Waals surface area contributed by atoms with Crippen molar-refractivity contribution in [2.45, 2.75) is 35.1 Å². The van der Waals surface area contributed by atoms with Crippen molar-refractivity contribution in [1.82, 2.24) is 4.31 Å². The molecule has 0 radical (unpaired) electrons. The van der Waals surface area contributed by atoms with Gasteiger partial charge in [-0.05, 0) is 12.1 Å². The monoisotopic (exact) mass is 355 g/mol. The molecule has 21 heavy (non-hydrogen) atoms. The minimum Gasteiger partial charge on any atom is -0.207 e. The first kappa shape index (κ1) is 17.0. The molecule has 0 bridgehead atoms. The molecule has 1 heterocycles. The lowest BCUT2D eigenvalue weighted by Crippen LogP contribution is -2.44. The first-order valence-electron chi connectivity index (χ1n) is 6.45. The van der Waals surface area contributed by atoms with Gasteiger partial charge < -0.3 is 0 Å². The van der Waals surface area contributed by atoms with Crippen LogP contribution in [0.3, 0.4) is 0 Å². The summed E-state index contributed by atoms with van der Waals surface area (Å²) < 4.78 is 54.1. The molecule has 1 saturated heterocycles. The van der Waals surface area contributed by atoms with E-state index in [2.05, 4.69) is 0 Å². The fraction of sp³-hybridized carbons (Fsp3) is 0.538. The Morgan fingerprint density at radius 3 is 2.38 bits per heavy atom. The van der Waals surface area contributed by atoms with E-state index in [0.717, 1.165) is 12.1 Å². The standard InChI is InChI=1S/C13H16ClF2NO2S2/c1-8-6-17(7-9(2)20-8)21(18,19)12-4-3-11(15)10(5-14)13(12)16/h3-4,8-9H,5-7H2,1-2H3. The van der Waals surface area contributed by atoms with E-state index in [1.165, 1.54) is 4.31 Å². The topological polar surface area (TPSA) is 37.4 Å². The highest BCUT2D eigenvalue weighted by Crippen LogP contribution is 2.31. The molecule has 118 valence electrons. The third kappa shape index (κ3) is 3.36. The summed E-state index contributed by atoms with van der Waals surface area (Å²) in [5.41, 5.74) is -0.412. The van der Waals surface area contributed by atoms with Gasteiger partial charge in [-0.15, -0.1) is 11.6 Å². The molecular weight excluding hydrogens is 340 g/mol. The van der Waals surface area contributed by atoms with Crippen LogP contribution in [0.15, 0.2) is 17.0 Å². The van der Waals surface area contributed by atoms with Crippen LogP contribution >= 0.6 is 23.4 Å². The first-order valence-corrected chi connectivity index (χ1v) is 9.37. The Balaban J connectivity index is 2.45. The van der Waals surface area contributed by atoms with Gasteiger partial charge in [-0.3, -0.25) is 0 Å². The second-order valence-corrected chi connectivity index (χ2v) is 9.11. The van der Waals surface area contributed by atoms with E-state index < -0.39 is 38.0 Å². The van der Waals surface area contributed by atoms with Crippen LogP contribution in [-0.2, 0) is 15.9 Å². The van der Waals surface area contributed by atoms with E-state index in [1.54, 1.807) is 11.8 Å². The van der Waals surface area contributed by atoms with Gasteiger partial charge in [0.15, 0.2) is 5.82 Å². The largest absolute Gasteiger partial charge is 0.246 e. The summed E-state index contributed by atoms with van der Waals surface area (Å²) in [7, 11) is -3.99. The number of hydrogen-bond donors (Lipinski definition) is 0. The van der Waals surface area contributed by atoms with Crippen LogP contribution in [0.1, 0.15) is 19.4 Å². The Labute approximate surface area is 132 Å². The molecule has 2 unspecified atom stereocenters. The fourth-order valence-electron chi connectivity index (χ4n) is 2.36. The molecular formula is C13H16ClF2NO2S2. The maximum Gasteiger partial charge on any atom is 0.246 e. The number of halogens is 3. The van der Waals surface area contributed by atoms with Crippen LogP contribution in [0.2, 0.25) is 0 Å². The Kier molecular flexibility index (Phi) is 5.18. The molecule has 2 atom stereocenters. The molecule has 0 amide bonds. The molecule has 1 aliphatic rings. The van der Waals surface area contributed by atoms with Gasteiger partial charge in [0, 0.05) is 29.2 Å². The summed E-state index contributed by atoms with van der Waals surface area (Å²) in [4.78, 5) is -0.508. The van der Waals surface area contributed by atoms with Gasteiger partial charge in [-0.25, -0.2) is 17.2 Å². The molecule has 2 rings (SSSR count). The highest BCUT2D eigenvalue weighted by atomic mass is 35.5. The zero-order chi connectivity index (χ0) is 15.8. The molecule has 0 aliphatic carbocycles. The summed E-state index contributed by atoms with van der Waals surface area (Å²) in [5.74, 6) is -2.34.